The topological polar surface area (TPSA) is 9.23 Å². The Balaban J connectivity index is 3.73. The minimum Gasteiger partial charge on any atom is -0.377 e. The van der Waals surface area contributed by atoms with Crippen LogP contribution in [0.4, 0.5) is 0 Å². The second-order valence-electron chi connectivity index (χ2n) is 2.24. The normalized spacial score (nSPS) is 16.9. The second-order valence-corrected chi connectivity index (χ2v) is 3.24. The third-order valence-corrected chi connectivity index (χ3v) is 1.89. The molecule has 0 aliphatic rings. The molecule has 3 unspecified atom stereocenters. The molecule has 0 aliphatic carbocycles. The van der Waals surface area contributed by atoms with Crippen molar-refractivity contribution in [3.05, 3.63) is 12.2 Å². The highest BCUT2D eigenvalue weighted by Gasteiger charge is 2.07. The van der Waals surface area contributed by atoms with E-state index in [1.807, 2.05) is 6.92 Å². The molecule has 54 valence electrons. The van der Waals surface area contributed by atoms with E-state index in [4.69, 9.17) is 4.74 Å². The Kier molecular flexibility index (Phi) is 4.09. The molecule has 0 aromatic carbocycles. The summed E-state index contributed by atoms with van der Waals surface area (Å²) in [6.07, 6.45) is 0.178. The minimum absolute atomic E-state index is 0.178. The highest BCUT2D eigenvalue weighted by molar-refractivity contribution is 7.18. The third kappa shape index (κ3) is 2.98. The van der Waals surface area contributed by atoms with E-state index in [1.54, 1.807) is 7.11 Å². The predicted octanol–water partition coefficient (Wildman–Crippen LogP) is 1.84. The molecule has 0 saturated heterocycles. The van der Waals surface area contributed by atoms with Crippen LogP contribution >= 0.6 is 9.24 Å². The van der Waals surface area contributed by atoms with Crippen molar-refractivity contribution in [3.63, 3.8) is 0 Å². The smallest absolute Gasteiger partial charge is 0.0756 e. The Morgan fingerprint density at radius 1 is 1.56 bits per heavy atom. The molecule has 0 heterocycles. The van der Waals surface area contributed by atoms with Gasteiger partial charge in [-0.25, -0.2) is 0 Å². The Bertz CT molecular complexity index is 99.1. The van der Waals surface area contributed by atoms with Crippen molar-refractivity contribution in [3.8, 4) is 0 Å². The summed E-state index contributed by atoms with van der Waals surface area (Å²) in [6.45, 7) is 7.97. The summed E-state index contributed by atoms with van der Waals surface area (Å²) >= 11 is 0. The summed E-state index contributed by atoms with van der Waals surface area (Å²) in [5.74, 6) is 0. The first-order chi connectivity index (χ1) is 4.09. The Hall–Kier alpha value is 0.130. The number of rotatable bonds is 3. The number of ether oxygens (including phenoxy) is 1. The van der Waals surface area contributed by atoms with Crippen molar-refractivity contribution in [2.45, 2.75) is 25.6 Å². The van der Waals surface area contributed by atoms with Crippen LogP contribution in [0.1, 0.15) is 13.8 Å². The fourth-order valence-electron chi connectivity index (χ4n) is 0.522. The Morgan fingerprint density at radius 3 is 2.11 bits per heavy atom. The van der Waals surface area contributed by atoms with Gasteiger partial charge >= 0.3 is 0 Å². The third-order valence-electron chi connectivity index (χ3n) is 1.46. The van der Waals surface area contributed by atoms with E-state index in [-0.39, 0.29) is 6.10 Å². The summed E-state index contributed by atoms with van der Waals surface area (Å²) < 4.78 is 5.06. The molecule has 0 radical (unpaired) electrons. The number of hydrogen-bond acceptors (Lipinski definition) is 1. The maximum absolute atomic E-state index is 5.06. The van der Waals surface area contributed by atoms with E-state index >= 15 is 0 Å². The van der Waals surface area contributed by atoms with E-state index in [9.17, 15) is 0 Å². The first-order valence-corrected chi connectivity index (χ1v) is 3.73. The summed E-state index contributed by atoms with van der Waals surface area (Å²) in [6, 6.07) is 0. The highest BCUT2D eigenvalue weighted by Crippen LogP contribution is 2.14. The van der Waals surface area contributed by atoms with Crippen molar-refractivity contribution in [1.29, 1.82) is 0 Å². The zero-order valence-corrected chi connectivity index (χ0v) is 7.50. The van der Waals surface area contributed by atoms with E-state index in [0.717, 1.165) is 5.57 Å². The highest BCUT2D eigenvalue weighted by atomic mass is 31.0. The molecule has 0 bridgehead atoms. The number of hydrogen-bond donors (Lipinski definition) is 0. The van der Waals surface area contributed by atoms with Gasteiger partial charge in [0.05, 0.1) is 6.10 Å². The maximum Gasteiger partial charge on any atom is 0.0756 e. The van der Waals surface area contributed by atoms with E-state index in [0.29, 0.717) is 5.66 Å². The standard InChI is InChI=1S/C7H15OP/c1-5(7(3)9)6(2)8-4/h6-7H,1,9H2,2-4H3. The summed E-state index contributed by atoms with van der Waals surface area (Å²) in [7, 11) is 4.39. The van der Waals surface area contributed by atoms with Crippen molar-refractivity contribution in [1.82, 2.24) is 0 Å². The average Bonchev–Trinajstić information content (AvgIpc) is 1.84. The molecule has 2 heteroatoms. The molecule has 9 heavy (non-hydrogen) atoms. The summed E-state index contributed by atoms with van der Waals surface area (Å²) in [5.41, 5.74) is 1.57. The predicted molar refractivity (Wildman–Crippen MR) is 44.8 cm³/mol. The van der Waals surface area contributed by atoms with Crippen LogP contribution in [0.2, 0.25) is 0 Å². The molecule has 0 rings (SSSR count). The molecule has 1 nitrogen and oxygen atoms in total. The quantitative estimate of drug-likeness (QED) is 0.436. The molecule has 0 aliphatic heterocycles. The second kappa shape index (κ2) is 4.03. The van der Waals surface area contributed by atoms with Crippen LogP contribution in [-0.4, -0.2) is 18.9 Å². The van der Waals surface area contributed by atoms with E-state index < -0.39 is 0 Å². The van der Waals surface area contributed by atoms with Gasteiger partial charge in [0.1, 0.15) is 0 Å². The lowest BCUT2D eigenvalue weighted by Crippen LogP contribution is -2.13. The van der Waals surface area contributed by atoms with Gasteiger partial charge in [-0.15, -0.1) is 9.24 Å². The van der Waals surface area contributed by atoms with Crippen LogP contribution in [-0.2, 0) is 4.74 Å². The molecule has 3 atom stereocenters. The molecule has 0 N–H and O–H groups in total. The van der Waals surface area contributed by atoms with Gasteiger partial charge in [-0.05, 0) is 18.2 Å². The lowest BCUT2D eigenvalue weighted by Gasteiger charge is -2.15. The van der Waals surface area contributed by atoms with Crippen molar-refractivity contribution in [2.24, 2.45) is 0 Å². The lowest BCUT2D eigenvalue weighted by atomic mass is 10.1. The van der Waals surface area contributed by atoms with Gasteiger partial charge < -0.3 is 4.74 Å². The van der Waals surface area contributed by atoms with Gasteiger partial charge in [-0.1, -0.05) is 13.5 Å². The van der Waals surface area contributed by atoms with Crippen molar-refractivity contribution < 1.29 is 4.74 Å². The van der Waals surface area contributed by atoms with Crippen LogP contribution < -0.4 is 0 Å². The van der Waals surface area contributed by atoms with E-state index in [2.05, 4.69) is 22.7 Å². The Labute approximate surface area is 59.7 Å². The molecule has 0 aromatic heterocycles. The first-order valence-electron chi connectivity index (χ1n) is 3.06. The van der Waals surface area contributed by atoms with Crippen LogP contribution in [0, 0.1) is 0 Å². The van der Waals surface area contributed by atoms with Crippen molar-refractivity contribution in [2.75, 3.05) is 7.11 Å². The summed E-state index contributed by atoms with van der Waals surface area (Å²) in [5, 5.41) is 0. The van der Waals surface area contributed by atoms with Gasteiger partial charge in [0.2, 0.25) is 0 Å². The largest absolute Gasteiger partial charge is 0.377 e. The van der Waals surface area contributed by atoms with E-state index in [1.165, 1.54) is 0 Å². The monoisotopic (exact) mass is 146 g/mol. The zero-order valence-electron chi connectivity index (χ0n) is 6.35. The number of methoxy groups -OCH3 is 1. The van der Waals surface area contributed by atoms with Crippen LogP contribution in [0.3, 0.4) is 0 Å². The van der Waals surface area contributed by atoms with Gasteiger partial charge in [0.15, 0.2) is 0 Å². The lowest BCUT2D eigenvalue weighted by molar-refractivity contribution is 0.145. The van der Waals surface area contributed by atoms with Gasteiger partial charge in [-0.3, -0.25) is 0 Å². The molecule has 0 saturated carbocycles. The van der Waals surface area contributed by atoms with Crippen molar-refractivity contribution >= 4 is 9.24 Å². The first kappa shape index (κ1) is 9.13. The Morgan fingerprint density at radius 2 is 2.00 bits per heavy atom. The molecular formula is C7H15OP. The molecular weight excluding hydrogens is 131 g/mol. The fraction of sp³-hybridized carbons (Fsp3) is 0.714. The van der Waals surface area contributed by atoms with Crippen LogP contribution in [0.5, 0.6) is 0 Å². The summed E-state index contributed by atoms with van der Waals surface area (Å²) in [4.78, 5) is 0. The minimum atomic E-state index is 0.178. The molecule has 0 fully saturated rings. The molecule has 0 aromatic rings. The SMILES string of the molecule is C=C(C(C)P)C(C)OC. The van der Waals surface area contributed by atoms with Gasteiger partial charge in [-0.2, -0.15) is 0 Å². The van der Waals surface area contributed by atoms with Gasteiger partial charge in [0, 0.05) is 7.11 Å². The fourth-order valence-corrected chi connectivity index (χ4v) is 0.793. The van der Waals surface area contributed by atoms with Crippen LogP contribution in [0.15, 0.2) is 12.2 Å². The van der Waals surface area contributed by atoms with Crippen LogP contribution in [0.25, 0.3) is 0 Å². The average molecular weight is 146 g/mol. The molecule has 0 amide bonds. The molecule has 0 spiro atoms. The maximum atomic E-state index is 5.06. The van der Waals surface area contributed by atoms with Gasteiger partial charge in [0.25, 0.3) is 0 Å². The zero-order chi connectivity index (χ0) is 7.44.